The zero-order valence-corrected chi connectivity index (χ0v) is 11.6. The number of carbonyl (C=O) groups excluding carboxylic acids is 2. The van der Waals surface area contributed by atoms with E-state index in [4.69, 9.17) is 9.47 Å². The minimum absolute atomic E-state index is 0.260. The van der Waals surface area contributed by atoms with Crippen LogP contribution < -0.4 is 9.47 Å². The summed E-state index contributed by atoms with van der Waals surface area (Å²) >= 11 is 0. The van der Waals surface area contributed by atoms with Crippen LogP contribution in [0.25, 0.3) is 6.08 Å². The monoisotopic (exact) mass is 290 g/mol. The topological polar surface area (TPSA) is 82.1 Å². The lowest BCUT2D eigenvalue weighted by Crippen LogP contribution is -2.08. The lowest BCUT2D eigenvalue weighted by atomic mass is 10.1. The number of ether oxygens (including phenoxy) is 3. The molecule has 1 heterocycles. The standard InChI is InChI=1S/C15H14O6/c1-19-12-6-4-9(7-13(12)20-2)3-5-10(16)14-11(17)8-21-15(14)18/h3-7,17H,8H2,1-2H3/b5-3+. The zero-order chi connectivity index (χ0) is 15.4. The number of aliphatic hydroxyl groups excluding tert-OH is 1. The van der Waals surface area contributed by atoms with Gasteiger partial charge in [-0.3, -0.25) is 4.79 Å². The molecule has 110 valence electrons. The van der Waals surface area contributed by atoms with Crippen molar-refractivity contribution in [3.8, 4) is 11.5 Å². The molecule has 1 aromatic rings. The molecule has 2 rings (SSSR count). The van der Waals surface area contributed by atoms with Crippen molar-refractivity contribution in [2.45, 2.75) is 0 Å². The van der Waals surface area contributed by atoms with E-state index in [0.717, 1.165) is 0 Å². The molecule has 0 amide bonds. The summed E-state index contributed by atoms with van der Waals surface area (Å²) in [5, 5.41) is 9.42. The first kappa shape index (κ1) is 14.6. The van der Waals surface area contributed by atoms with Crippen molar-refractivity contribution in [3.63, 3.8) is 0 Å². The van der Waals surface area contributed by atoms with Gasteiger partial charge >= 0.3 is 5.97 Å². The molecule has 0 fully saturated rings. The molecule has 0 unspecified atom stereocenters. The second-order valence-corrected chi connectivity index (χ2v) is 4.21. The summed E-state index contributed by atoms with van der Waals surface area (Å²) in [7, 11) is 3.03. The maximum Gasteiger partial charge on any atom is 0.346 e. The van der Waals surface area contributed by atoms with Gasteiger partial charge in [-0.05, 0) is 23.8 Å². The molecule has 0 spiro atoms. The number of carbonyl (C=O) groups is 2. The Kier molecular flexibility index (Phi) is 4.27. The number of hydrogen-bond donors (Lipinski definition) is 1. The van der Waals surface area contributed by atoms with Gasteiger partial charge < -0.3 is 19.3 Å². The Bertz CT molecular complexity index is 642. The summed E-state index contributed by atoms with van der Waals surface area (Å²) in [5.41, 5.74) is 0.360. The van der Waals surface area contributed by atoms with Crippen LogP contribution in [0.2, 0.25) is 0 Å². The first-order valence-electron chi connectivity index (χ1n) is 6.10. The predicted molar refractivity (Wildman–Crippen MR) is 74.2 cm³/mol. The lowest BCUT2D eigenvalue weighted by molar-refractivity contribution is -0.137. The Hall–Kier alpha value is -2.76. The van der Waals surface area contributed by atoms with E-state index < -0.39 is 11.8 Å². The minimum atomic E-state index is -0.811. The molecule has 0 aromatic heterocycles. The molecule has 0 radical (unpaired) electrons. The van der Waals surface area contributed by atoms with Gasteiger partial charge in [-0.25, -0.2) is 4.79 Å². The van der Waals surface area contributed by atoms with E-state index in [2.05, 4.69) is 4.74 Å². The molecule has 1 aromatic carbocycles. The number of cyclic esters (lactones) is 1. The molecule has 0 saturated carbocycles. The van der Waals surface area contributed by atoms with Gasteiger partial charge in [-0.1, -0.05) is 12.1 Å². The van der Waals surface area contributed by atoms with Crippen molar-refractivity contribution in [3.05, 3.63) is 41.2 Å². The van der Waals surface area contributed by atoms with Gasteiger partial charge in [0.05, 0.1) is 14.2 Å². The number of methoxy groups -OCH3 is 2. The Morgan fingerprint density at radius 3 is 2.57 bits per heavy atom. The molecular formula is C15H14O6. The van der Waals surface area contributed by atoms with Crippen LogP contribution in [0.4, 0.5) is 0 Å². The molecule has 0 aliphatic carbocycles. The Morgan fingerprint density at radius 2 is 2.00 bits per heavy atom. The molecular weight excluding hydrogens is 276 g/mol. The first-order chi connectivity index (χ1) is 10.1. The third-order valence-electron chi connectivity index (χ3n) is 2.91. The Labute approximate surface area is 121 Å². The molecule has 1 aliphatic heterocycles. The van der Waals surface area contributed by atoms with E-state index >= 15 is 0 Å². The largest absolute Gasteiger partial charge is 0.508 e. The average molecular weight is 290 g/mol. The Morgan fingerprint density at radius 1 is 1.29 bits per heavy atom. The fourth-order valence-electron chi connectivity index (χ4n) is 1.85. The Balaban J connectivity index is 2.20. The van der Waals surface area contributed by atoms with E-state index in [1.165, 1.54) is 26.4 Å². The van der Waals surface area contributed by atoms with Crippen molar-refractivity contribution >= 4 is 17.8 Å². The van der Waals surface area contributed by atoms with Gasteiger partial charge in [0.25, 0.3) is 0 Å². The molecule has 1 N–H and O–H groups in total. The van der Waals surface area contributed by atoms with Gasteiger partial charge in [0.2, 0.25) is 0 Å². The molecule has 6 heteroatoms. The third-order valence-corrected chi connectivity index (χ3v) is 2.91. The number of rotatable bonds is 5. The normalized spacial score (nSPS) is 14.5. The highest BCUT2D eigenvalue weighted by Gasteiger charge is 2.29. The number of hydrogen-bond acceptors (Lipinski definition) is 6. The molecule has 21 heavy (non-hydrogen) atoms. The quantitative estimate of drug-likeness (QED) is 0.504. The maximum atomic E-state index is 11.9. The molecule has 6 nitrogen and oxygen atoms in total. The van der Waals surface area contributed by atoms with Crippen LogP contribution in [0.3, 0.4) is 0 Å². The number of allylic oxidation sites excluding steroid dienone is 1. The van der Waals surface area contributed by atoms with Crippen molar-refractivity contribution in [2.24, 2.45) is 0 Å². The predicted octanol–water partition coefficient (Wildman–Crippen LogP) is 1.66. The van der Waals surface area contributed by atoms with Crippen molar-refractivity contribution in [1.29, 1.82) is 0 Å². The average Bonchev–Trinajstić information content (AvgIpc) is 2.83. The molecule has 0 saturated heterocycles. The van der Waals surface area contributed by atoms with Crippen molar-refractivity contribution in [2.75, 3.05) is 20.8 Å². The van der Waals surface area contributed by atoms with Crippen LogP contribution in [-0.4, -0.2) is 37.7 Å². The van der Waals surface area contributed by atoms with Crippen molar-refractivity contribution in [1.82, 2.24) is 0 Å². The van der Waals surface area contributed by atoms with Gasteiger partial charge in [0.1, 0.15) is 17.9 Å². The highest BCUT2D eigenvalue weighted by atomic mass is 16.5. The maximum absolute atomic E-state index is 11.9. The zero-order valence-electron chi connectivity index (χ0n) is 11.6. The highest BCUT2D eigenvalue weighted by molar-refractivity contribution is 6.23. The molecule has 0 bridgehead atoms. The number of ketones is 1. The second-order valence-electron chi connectivity index (χ2n) is 4.21. The number of benzene rings is 1. The number of aliphatic hydroxyl groups is 1. The van der Waals surface area contributed by atoms with Crippen LogP contribution >= 0.6 is 0 Å². The smallest absolute Gasteiger partial charge is 0.346 e. The SMILES string of the molecule is COc1ccc(/C=C/C(=O)C2=C(O)COC2=O)cc1OC. The summed E-state index contributed by atoms with van der Waals surface area (Å²) in [6, 6.07) is 5.11. The summed E-state index contributed by atoms with van der Waals surface area (Å²) in [6.45, 7) is -0.260. The van der Waals surface area contributed by atoms with Gasteiger partial charge in [-0.15, -0.1) is 0 Å². The van der Waals surface area contributed by atoms with Crippen LogP contribution in [0.5, 0.6) is 11.5 Å². The summed E-state index contributed by atoms with van der Waals surface area (Å²) in [4.78, 5) is 23.1. The van der Waals surface area contributed by atoms with E-state index in [1.807, 2.05) is 0 Å². The third kappa shape index (κ3) is 3.05. The van der Waals surface area contributed by atoms with E-state index in [9.17, 15) is 14.7 Å². The first-order valence-corrected chi connectivity index (χ1v) is 6.10. The molecule has 1 aliphatic rings. The van der Waals surface area contributed by atoms with Gasteiger partial charge in [0.15, 0.2) is 17.3 Å². The van der Waals surface area contributed by atoms with Crippen LogP contribution in [0, 0.1) is 0 Å². The summed E-state index contributed by atoms with van der Waals surface area (Å²) < 4.78 is 14.8. The minimum Gasteiger partial charge on any atom is -0.508 e. The van der Waals surface area contributed by atoms with Crippen molar-refractivity contribution < 1.29 is 28.9 Å². The second kappa shape index (κ2) is 6.13. The lowest BCUT2D eigenvalue weighted by Gasteiger charge is -2.07. The van der Waals surface area contributed by atoms with Crippen LogP contribution in [0.15, 0.2) is 35.6 Å². The van der Waals surface area contributed by atoms with E-state index in [0.29, 0.717) is 17.1 Å². The highest BCUT2D eigenvalue weighted by Crippen LogP contribution is 2.28. The summed E-state index contributed by atoms with van der Waals surface area (Å²) in [5.74, 6) is -0.670. The summed E-state index contributed by atoms with van der Waals surface area (Å²) in [6.07, 6.45) is 2.70. The van der Waals surface area contributed by atoms with E-state index in [-0.39, 0.29) is 17.9 Å². The number of esters is 1. The molecule has 0 atom stereocenters. The van der Waals surface area contributed by atoms with Gasteiger partial charge in [0, 0.05) is 0 Å². The van der Waals surface area contributed by atoms with Crippen LogP contribution in [0.1, 0.15) is 5.56 Å². The fraction of sp³-hybridized carbons (Fsp3) is 0.200. The van der Waals surface area contributed by atoms with Crippen LogP contribution in [-0.2, 0) is 14.3 Å². The van der Waals surface area contributed by atoms with Gasteiger partial charge in [-0.2, -0.15) is 0 Å². The van der Waals surface area contributed by atoms with E-state index in [1.54, 1.807) is 18.2 Å². The fourth-order valence-corrected chi connectivity index (χ4v) is 1.85.